The lowest BCUT2D eigenvalue weighted by atomic mass is 10.0. The van der Waals surface area contributed by atoms with Gasteiger partial charge in [0, 0.05) is 24.8 Å². The first-order valence-corrected chi connectivity index (χ1v) is 7.54. The molecule has 120 valence electrons. The van der Waals surface area contributed by atoms with Crippen LogP contribution in [0.15, 0.2) is 18.2 Å². The van der Waals surface area contributed by atoms with Crippen LogP contribution in [0.3, 0.4) is 0 Å². The molecule has 22 heavy (non-hydrogen) atoms. The van der Waals surface area contributed by atoms with E-state index in [0.29, 0.717) is 5.69 Å². The molecule has 1 aliphatic rings. The van der Waals surface area contributed by atoms with Gasteiger partial charge in [-0.25, -0.2) is 0 Å². The predicted octanol–water partition coefficient (Wildman–Crippen LogP) is 3.86. The van der Waals surface area contributed by atoms with Gasteiger partial charge in [0.25, 0.3) is 0 Å². The summed E-state index contributed by atoms with van der Waals surface area (Å²) in [5.74, 6) is 0. The highest BCUT2D eigenvalue weighted by Crippen LogP contribution is 2.34. The minimum Gasteiger partial charge on any atom is -0.382 e. The van der Waals surface area contributed by atoms with E-state index >= 15 is 0 Å². The number of nitriles is 1. The van der Waals surface area contributed by atoms with Crippen molar-refractivity contribution >= 4 is 5.69 Å². The van der Waals surface area contributed by atoms with Crippen molar-refractivity contribution in [3.05, 3.63) is 29.3 Å². The highest BCUT2D eigenvalue weighted by atomic mass is 19.4. The number of likely N-dealkylation sites (tertiary alicyclic amines) is 1. The molecule has 0 atom stereocenters. The van der Waals surface area contributed by atoms with Crippen LogP contribution in [0.5, 0.6) is 0 Å². The molecule has 0 bridgehead atoms. The smallest absolute Gasteiger partial charge is 0.382 e. The first kappa shape index (κ1) is 16.6. The first-order chi connectivity index (χ1) is 10.4. The molecule has 0 spiro atoms. The Hall–Kier alpha value is -1.74. The second-order valence-corrected chi connectivity index (χ2v) is 5.63. The van der Waals surface area contributed by atoms with Gasteiger partial charge in [-0.2, -0.15) is 18.4 Å². The molecule has 1 aromatic carbocycles. The fourth-order valence-corrected chi connectivity index (χ4v) is 2.82. The maximum Gasteiger partial charge on any atom is 0.417 e. The van der Waals surface area contributed by atoms with Gasteiger partial charge in [0.15, 0.2) is 0 Å². The van der Waals surface area contributed by atoms with Gasteiger partial charge in [-0.3, -0.25) is 0 Å². The summed E-state index contributed by atoms with van der Waals surface area (Å²) >= 11 is 0. The summed E-state index contributed by atoms with van der Waals surface area (Å²) in [5, 5.41) is 12.0. The normalized spacial score (nSPS) is 17.2. The highest BCUT2D eigenvalue weighted by molar-refractivity contribution is 5.53. The zero-order valence-electron chi connectivity index (χ0n) is 12.6. The molecule has 3 nitrogen and oxygen atoms in total. The third-order valence-electron chi connectivity index (χ3n) is 3.94. The monoisotopic (exact) mass is 311 g/mol. The number of rotatable bonds is 4. The Morgan fingerprint density at radius 2 is 2.00 bits per heavy atom. The summed E-state index contributed by atoms with van der Waals surface area (Å²) < 4.78 is 38.8. The molecule has 1 saturated heterocycles. The van der Waals surface area contributed by atoms with Gasteiger partial charge in [0.05, 0.1) is 17.2 Å². The van der Waals surface area contributed by atoms with Gasteiger partial charge < -0.3 is 10.2 Å². The van der Waals surface area contributed by atoms with Gasteiger partial charge >= 0.3 is 6.18 Å². The fourth-order valence-electron chi connectivity index (χ4n) is 2.82. The van der Waals surface area contributed by atoms with Crippen LogP contribution >= 0.6 is 0 Å². The zero-order chi connectivity index (χ0) is 16.2. The van der Waals surface area contributed by atoms with Gasteiger partial charge in [-0.05, 0) is 44.0 Å². The predicted molar refractivity (Wildman–Crippen MR) is 79.5 cm³/mol. The van der Waals surface area contributed by atoms with Crippen LogP contribution in [0.25, 0.3) is 0 Å². The number of benzene rings is 1. The second kappa shape index (κ2) is 7.01. The minimum atomic E-state index is -4.51. The number of nitrogens with zero attached hydrogens (tertiary/aromatic N) is 2. The number of piperidine rings is 1. The topological polar surface area (TPSA) is 39.1 Å². The molecular weight excluding hydrogens is 291 g/mol. The van der Waals surface area contributed by atoms with Crippen molar-refractivity contribution in [3.8, 4) is 6.07 Å². The van der Waals surface area contributed by atoms with Crippen LogP contribution < -0.4 is 5.32 Å². The van der Waals surface area contributed by atoms with Crippen molar-refractivity contribution in [1.29, 1.82) is 5.26 Å². The van der Waals surface area contributed by atoms with E-state index in [-0.39, 0.29) is 11.6 Å². The van der Waals surface area contributed by atoms with E-state index in [0.717, 1.165) is 45.0 Å². The maximum absolute atomic E-state index is 12.9. The molecule has 1 aromatic rings. The summed E-state index contributed by atoms with van der Waals surface area (Å²) in [5.41, 5.74) is -0.778. The van der Waals surface area contributed by atoms with Crippen LogP contribution in [0.4, 0.5) is 18.9 Å². The Kier molecular flexibility index (Phi) is 5.30. The van der Waals surface area contributed by atoms with E-state index in [9.17, 15) is 13.2 Å². The van der Waals surface area contributed by atoms with Gasteiger partial charge in [-0.15, -0.1) is 0 Å². The number of hydrogen-bond acceptors (Lipinski definition) is 3. The molecule has 1 aliphatic heterocycles. The molecule has 2 rings (SSSR count). The van der Waals surface area contributed by atoms with Crippen molar-refractivity contribution in [2.45, 2.75) is 38.4 Å². The summed E-state index contributed by atoms with van der Waals surface area (Å²) in [4.78, 5) is 2.37. The molecule has 0 aromatic heterocycles. The lowest BCUT2D eigenvalue weighted by molar-refractivity contribution is -0.137. The Morgan fingerprint density at radius 1 is 1.32 bits per heavy atom. The van der Waals surface area contributed by atoms with Crippen LogP contribution in [0, 0.1) is 11.3 Å². The van der Waals surface area contributed by atoms with Gasteiger partial charge in [0.1, 0.15) is 0 Å². The standard InChI is InChI=1S/C16H20F3N3/c1-2-7-22-8-5-13(6-9-22)21-14-4-3-12(11-20)15(10-14)16(17,18)19/h3-4,10,13,21H,2,5-9H2,1H3. The van der Waals surface area contributed by atoms with Gasteiger partial charge in [0.2, 0.25) is 0 Å². The van der Waals surface area contributed by atoms with E-state index in [4.69, 9.17) is 5.26 Å². The number of anilines is 1. The number of nitrogens with one attached hydrogen (secondary N) is 1. The molecule has 0 saturated carbocycles. The van der Waals surface area contributed by atoms with E-state index < -0.39 is 11.7 Å². The van der Waals surface area contributed by atoms with Crippen LogP contribution in [0.1, 0.15) is 37.3 Å². The quantitative estimate of drug-likeness (QED) is 0.917. The summed E-state index contributed by atoms with van der Waals surface area (Å²) in [7, 11) is 0. The molecular formula is C16H20F3N3. The Labute approximate surface area is 128 Å². The minimum absolute atomic E-state index is 0.183. The van der Waals surface area contributed by atoms with E-state index in [1.807, 2.05) is 0 Å². The number of halogens is 3. The molecule has 0 aliphatic carbocycles. The SMILES string of the molecule is CCCN1CCC(Nc2ccc(C#N)c(C(F)(F)F)c2)CC1. The summed E-state index contributed by atoms with van der Waals surface area (Å²) in [6, 6.07) is 5.60. The van der Waals surface area contributed by atoms with Crippen LogP contribution in [0.2, 0.25) is 0 Å². The molecule has 0 unspecified atom stereocenters. The van der Waals surface area contributed by atoms with Crippen molar-refractivity contribution in [2.24, 2.45) is 0 Å². The molecule has 0 amide bonds. The molecule has 1 fully saturated rings. The highest BCUT2D eigenvalue weighted by Gasteiger charge is 2.34. The molecule has 6 heteroatoms. The Bertz CT molecular complexity index is 541. The average Bonchev–Trinajstić information content (AvgIpc) is 2.48. The van der Waals surface area contributed by atoms with E-state index in [1.165, 1.54) is 6.07 Å². The molecule has 0 radical (unpaired) electrons. The van der Waals surface area contributed by atoms with E-state index in [2.05, 4.69) is 17.1 Å². The van der Waals surface area contributed by atoms with Crippen LogP contribution in [-0.2, 0) is 6.18 Å². The fraction of sp³-hybridized carbons (Fsp3) is 0.562. The Morgan fingerprint density at radius 3 is 2.55 bits per heavy atom. The van der Waals surface area contributed by atoms with Crippen LogP contribution in [-0.4, -0.2) is 30.6 Å². The van der Waals surface area contributed by atoms with Crippen molar-refractivity contribution in [2.75, 3.05) is 25.0 Å². The number of hydrogen-bond donors (Lipinski definition) is 1. The second-order valence-electron chi connectivity index (χ2n) is 5.63. The third kappa shape index (κ3) is 4.14. The van der Waals surface area contributed by atoms with Gasteiger partial charge in [-0.1, -0.05) is 6.92 Å². The zero-order valence-corrected chi connectivity index (χ0v) is 12.6. The largest absolute Gasteiger partial charge is 0.417 e. The summed E-state index contributed by atoms with van der Waals surface area (Å²) in [6.07, 6.45) is -1.56. The molecule has 1 N–H and O–H groups in total. The number of alkyl halides is 3. The maximum atomic E-state index is 12.9. The third-order valence-corrected chi connectivity index (χ3v) is 3.94. The van der Waals surface area contributed by atoms with E-state index in [1.54, 1.807) is 12.1 Å². The van der Waals surface area contributed by atoms with Crippen molar-refractivity contribution in [3.63, 3.8) is 0 Å². The summed E-state index contributed by atoms with van der Waals surface area (Å²) in [6.45, 7) is 5.14. The Balaban J connectivity index is 2.04. The lowest BCUT2D eigenvalue weighted by Gasteiger charge is -2.32. The molecule has 1 heterocycles. The lowest BCUT2D eigenvalue weighted by Crippen LogP contribution is -2.39. The average molecular weight is 311 g/mol. The first-order valence-electron chi connectivity index (χ1n) is 7.54. The van der Waals surface area contributed by atoms with Crippen molar-refractivity contribution < 1.29 is 13.2 Å². The van der Waals surface area contributed by atoms with Crippen molar-refractivity contribution in [1.82, 2.24) is 4.90 Å².